The van der Waals surface area contributed by atoms with E-state index in [0.29, 0.717) is 6.61 Å². The monoisotopic (exact) mass is 394 g/mol. The second-order valence-corrected chi connectivity index (χ2v) is 10.0. The first-order chi connectivity index (χ1) is 12.9. The molecule has 150 valence electrons. The molecule has 0 radical (unpaired) electrons. The molecule has 1 aromatic carbocycles. The van der Waals surface area contributed by atoms with Gasteiger partial charge in [0, 0.05) is 24.1 Å². The van der Waals surface area contributed by atoms with Crippen LogP contribution in [-0.4, -0.2) is 43.7 Å². The molecule has 7 heteroatoms. The summed E-state index contributed by atoms with van der Waals surface area (Å²) in [5.41, 5.74) is 0.767. The molecule has 0 spiro atoms. The average Bonchev–Trinajstić information content (AvgIpc) is 3.40. The molecular weight excluding hydrogens is 364 g/mol. The molecule has 0 bridgehead atoms. The first-order valence-corrected chi connectivity index (χ1v) is 11.5. The van der Waals surface area contributed by atoms with Crippen LogP contribution in [0.1, 0.15) is 62.7 Å². The third-order valence-electron chi connectivity index (χ3n) is 5.28. The van der Waals surface area contributed by atoms with Crippen LogP contribution in [0.4, 0.5) is 0 Å². The summed E-state index contributed by atoms with van der Waals surface area (Å²) in [5.74, 6) is 1.25. The molecule has 0 amide bonds. The fourth-order valence-corrected chi connectivity index (χ4v) is 4.11. The molecule has 1 N–H and O–H groups in total. The van der Waals surface area contributed by atoms with E-state index in [9.17, 15) is 13.2 Å². The second-order valence-electron chi connectivity index (χ2n) is 7.83. The van der Waals surface area contributed by atoms with Gasteiger partial charge in [-0.05, 0) is 76.6 Å². The fraction of sp³-hybridized carbons (Fsp3) is 0.650. The van der Waals surface area contributed by atoms with E-state index < -0.39 is 15.3 Å². The van der Waals surface area contributed by atoms with Crippen LogP contribution in [0, 0.1) is 5.92 Å². The Balaban J connectivity index is 1.41. The number of hydrogen-bond acceptors (Lipinski definition) is 5. The number of ether oxygens (including phenoxy) is 1. The summed E-state index contributed by atoms with van der Waals surface area (Å²) in [6.07, 6.45) is 5.78. The van der Waals surface area contributed by atoms with Gasteiger partial charge in [0.1, 0.15) is 5.75 Å². The number of carbonyl (C=O) groups is 1. The number of rotatable bonds is 10. The van der Waals surface area contributed by atoms with Crippen molar-refractivity contribution >= 4 is 15.8 Å². The lowest BCUT2D eigenvalue weighted by Crippen LogP contribution is -2.47. The van der Waals surface area contributed by atoms with Crippen molar-refractivity contribution in [2.75, 3.05) is 13.2 Å². The molecule has 6 nitrogen and oxygen atoms in total. The Kier molecular flexibility index (Phi) is 6.55. The Labute approximate surface area is 162 Å². The molecule has 1 atom stereocenters. The van der Waals surface area contributed by atoms with Crippen molar-refractivity contribution in [2.45, 2.75) is 63.7 Å². The van der Waals surface area contributed by atoms with Gasteiger partial charge in [-0.2, -0.15) is 0 Å². The van der Waals surface area contributed by atoms with E-state index in [1.165, 1.54) is 0 Å². The highest BCUT2D eigenvalue weighted by Gasteiger charge is 2.30. The first-order valence-electron chi connectivity index (χ1n) is 9.92. The van der Waals surface area contributed by atoms with E-state index >= 15 is 0 Å². The molecule has 1 heterocycles. The number of sulfonamides is 1. The van der Waals surface area contributed by atoms with Crippen molar-refractivity contribution < 1.29 is 17.9 Å². The maximum Gasteiger partial charge on any atom is 0.226 e. The van der Waals surface area contributed by atoms with Crippen LogP contribution in [0.15, 0.2) is 24.3 Å². The number of hydrogen-bond donors (Lipinski definition) is 1. The van der Waals surface area contributed by atoms with Gasteiger partial charge >= 0.3 is 0 Å². The fourth-order valence-electron chi connectivity index (χ4n) is 3.33. The van der Waals surface area contributed by atoms with Gasteiger partial charge in [-0.15, -0.1) is 4.83 Å². The highest BCUT2D eigenvalue weighted by atomic mass is 32.2. The minimum Gasteiger partial charge on any atom is -0.494 e. The summed E-state index contributed by atoms with van der Waals surface area (Å²) in [5, 5.41) is 1.44. The summed E-state index contributed by atoms with van der Waals surface area (Å²) in [6.45, 7) is 4.71. The van der Waals surface area contributed by atoms with Gasteiger partial charge in [0.25, 0.3) is 0 Å². The quantitative estimate of drug-likeness (QED) is 0.487. The largest absolute Gasteiger partial charge is 0.494 e. The van der Waals surface area contributed by atoms with Crippen LogP contribution >= 0.6 is 0 Å². The van der Waals surface area contributed by atoms with Crippen LogP contribution in [-0.2, 0) is 10.0 Å². The van der Waals surface area contributed by atoms with Crippen LogP contribution in [0.5, 0.6) is 5.75 Å². The summed E-state index contributed by atoms with van der Waals surface area (Å²) in [6, 6.07) is 7.62. The number of benzene rings is 1. The first kappa shape index (κ1) is 20.3. The zero-order chi connectivity index (χ0) is 19.4. The van der Waals surface area contributed by atoms with E-state index in [1.807, 2.05) is 29.3 Å². The van der Waals surface area contributed by atoms with Gasteiger partial charge in [0.15, 0.2) is 5.78 Å². The molecule has 2 fully saturated rings. The number of hydrazine groups is 1. The van der Waals surface area contributed by atoms with E-state index in [0.717, 1.165) is 56.4 Å². The third kappa shape index (κ3) is 5.53. The van der Waals surface area contributed by atoms with Crippen molar-refractivity contribution in [3.8, 4) is 5.75 Å². The van der Waals surface area contributed by atoms with Crippen LogP contribution in [0.3, 0.4) is 0 Å². The smallest absolute Gasteiger partial charge is 0.226 e. The molecule has 1 unspecified atom stereocenters. The zero-order valence-corrected chi connectivity index (χ0v) is 17.0. The Morgan fingerprint density at radius 1 is 1.22 bits per heavy atom. The highest BCUT2D eigenvalue weighted by molar-refractivity contribution is 7.90. The number of Topliss-reactive ketones (excluding diaryl/α,β-unsaturated/α-hetero) is 1. The molecule has 1 aliphatic heterocycles. The minimum absolute atomic E-state index is 0.223. The SMILES string of the molecule is CC(C)S(=O)(=O)NN1CCCC1CCCOc1ccc(C(=O)C2CC2)cc1. The predicted molar refractivity (Wildman–Crippen MR) is 105 cm³/mol. The van der Waals surface area contributed by atoms with Gasteiger partial charge in [-0.25, -0.2) is 13.4 Å². The second kappa shape index (κ2) is 8.71. The predicted octanol–water partition coefficient (Wildman–Crippen LogP) is 3.15. The number of nitrogens with zero attached hydrogens (tertiary/aromatic N) is 1. The van der Waals surface area contributed by atoms with Crippen LogP contribution in [0.2, 0.25) is 0 Å². The lowest BCUT2D eigenvalue weighted by atomic mass is 10.1. The molecule has 0 aromatic heterocycles. The van der Waals surface area contributed by atoms with Gasteiger partial charge in [0.05, 0.1) is 11.9 Å². The van der Waals surface area contributed by atoms with Crippen molar-refractivity contribution in [1.29, 1.82) is 0 Å². The van der Waals surface area contributed by atoms with E-state index in [4.69, 9.17) is 4.74 Å². The van der Waals surface area contributed by atoms with Gasteiger partial charge in [0.2, 0.25) is 10.0 Å². The van der Waals surface area contributed by atoms with E-state index in [1.54, 1.807) is 13.8 Å². The average molecular weight is 395 g/mol. The van der Waals surface area contributed by atoms with Crippen molar-refractivity contribution in [1.82, 2.24) is 9.84 Å². The molecule has 1 aliphatic carbocycles. The maximum absolute atomic E-state index is 12.1. The summed E-state index contributed by atoms with van der Waals surface area (Å²) in [4.78, 5) is 14.7. The molecule has 1 saturated carbocycles. The van der Waals surface area contributed by atoms with Gasteiger partial charge in [-0.1, -0.05) is 0 Å². The van der Waals surface area contributed by atoms with Gasteiger partial charge < -0.3 is 4.74 Å². The van der Waals surface area contributed by atoms with Crippen LogP contribution in [0.25, 0.3) is 0 Å². The number of nitrogens with one attached hydrogen (secondary N) is 1. The molecule has 1 saturated heterocycles. The molecule has 1 aromatic rings. The zero-order valence-electron chi connectivity index (χ0n) is 16.2. The van der Waals surface area contributed by atoms with Crippen LogP contribution < -0.4 is 9.57 Å². The van der Waals surface area contributed by atoms with E-state index in [2.05, 4.69) is 4.83 Å². The van der Waals surface area contributed by atoms with E-state index in [-0.39, 0.29) is 17.7 Å². The van der Waals surface area contributed by atoms with Crippen molar-refractivity contribution in [3.63, 3.8) is 0 Å². The highest BCUT2D eigenvalue weighted by Crippen LogP contribution is 2.32. The summed E-state index contributed by atoms with van der Waals surface area (Å²) in [7, 11) is -3.28. The third-order valence-corrected chi connectivity index (χ3v) is 7.01. The maximum atomic E-state index is 12.1. The minimum atomic E-state index is -3.28. The lowest BCUT2D eigenvalue weighted by Gasteiger charge is -2.25. The Bertz CT molecular complexity index is 742. The summed E-state index contributed by atoms with van der Waals surface area (Å²) >= 11 is 0. The van der Waals surface area contributed by atoms with Crippen molar-refractivity contribution in [3.05, 3.63) is 29.8 Å². The Morgan fingerprint density at radius 3 is 2.56 bits per heavy atom. The standard InChI is InChI=1S/C20H30N2O4S/c1-15(2)27(24,25)21-22-13-3-5-18(22)6-4-14-26-19-11-9-17(10-12-19)20(23)16-7-8-16/h9-12,15-16,18,21H,3-8,13-14H2,1-2H3. The number of carbonyl (C=O) groups excluding carboxylic acids is 1. The Hall–Kier alpha value is -1.44. The topological polar surface area (TPSA) is 75.7 Å². The normalized spacial score (nSPS) is 20.9. The molecule has 3 rings (SSSR count). The Morgan fingerprint density at radius 2 is 1.93 bits per heavy atom. The molecular formula is C20H30N2O4S. The lowest BCUT2D eigenvalue weighted by molar-refractivity contribution is 0.0967. The summed E-state index contributed by atoms with van der Waals surface area (Å²) < 4.78 is 29.9. The van der Waals surface area contributed by atoms with Crippen molar-refractivity contribution in [2.24, 2.45) is 5.92 Å². The molecule has 2 aliphatic rings. The van der Waals surface area contributed by atoms with Gasteiger partial charge in [-0.3, -0.25) is 4.79 Å². The molecule has 27 heavy (non-hydrogen) atoms. The number of ketones is 1.